The van der Waals surface area contributed by atoms with Gasteiger partial charge >= 0.3 is 6.03 Å². The van der Waals surface area contributed by atoms with Crippen molar-refractivity contribution in [3.05, 3.63) is 42.5 Å². The predicted octanol–water partition coefficient (Wildman–Crippen LogP) is 2.10. The van der Waals surface area contributed by atoms with Crippen molar-refractivity contribution < 1.29 is 13.9 Å². The second kappa shape index (κ2) is 7.01. The van der Waals surface area contributed by atoms with E-state index in [1.807, 2.05) is 4.90 Å². The van der Waals surface area contributed by atoms with E-state index < -0.39 is 11.8 Å². The molecule has 0 bridgehead atoms. The highest BCUT2D eigenvalue weighted by molar-refractivity contribution is 5.99. The standard InChI is InChI=1S/C15H16FN5O2/c16-11-3-1-2-4-12(11)19-15(22)20-13-9-14(18-10-17-13)21-5-7-23-8-6-21/h1-4,9-10H,5-8H2,(H2,17,18,19,20,22). The molecule has 0 saturated carbocycles. The lowest BCUT2D eigenvalue weighted by Crippen LogP contribution is -2.36. The molecule has 2 amide bonds. The number of amides is 2. The zero-order valence-electron chi connectivity index (χ0n) is 12.3. The summed E-state index contributed by atoms with van der Waals surface area (Å²) in [4.78, 5) is 22.2. The number of ether oxygens (including phenoxy) is 1. The number of hydrogen-bond donors (Lipinski definition) is 2. The SMILES string of the molecule is O=C(Nc1cc(N2CCOCC2)ncn1)Nc1ccccc1F. The van der Waals surface area contributed by atoms with Crippen LogP contribution in [-0.4, -0.2) is 42.3 Å². The average Bonchev–Trinajstić information content (AvgIpc) is 2.58. The number of halogens is 1. The van der Waals surface area contributed by atoms with E-state index in [2.05, 4.69) is 20.6 Å². The van der Waals surface area contributed by atoms with Crippen molar-refractivity contribution in [3.8, 4) is 0 Å². The summed E-state index contributed by atoms with van der Waals surface area (Å²) >= 11 is 0. The lowest BCUT2D eigenvalue weighted by molar-refractivity contribution is 0.122. The third-order valence-corrected chi connectivity index (χ3v) is 3.35. The largest absolute Gasteiger partial charge is 0.378 e. The molecule has 1 fully saturated rings. The van der Waals surface area contributed by atoms with Crippen molar-refractivity contribution in [2.45, 2.75) is 0 Å². The van der Waals surface area contributed by atoms with Crippen molar-refractivity contribution in [2.75, 3.05) is 41.8 Å². The molecule has 0 unspecified atom stereocenters. The van der Waals surface area contributed by atoms with Gasteiger partial charge in [0.1, 0.15) is 23.8 Å². The number of rotatable bonds is 3. The van der Waals surface area contributed by atoms with Crippen molar-refractivity contribution in [1.82, 2.24) is 9.97 Å². The van der Waals surface area contributed by atoms with E-state index in [0.717, 1.165) is 13.1 Å². The van der Waals surface area contributed by atoms with Crippen molar-refractivity contribution in [3.63, 3.8) is 0 Å². The second-order valence-corrected chi connectivity index (χ2v) is 4.92. The number of morpholine rings is 1. The first-order valence-corrected chi connectivity index (χ1v) is 7.19. The predicted molar refractivity (Wildman–Crippen MR) is 84.1 cm³/mol. The minimum atomic E-state index is -0.568. The van der Waals surface area contributed by atoms with Gasteiger partial charge in [-0.25, -0.2) is 19.2 Å². The first-order chi connectivity index (χ1) is 11.2. The van der Waals surface area contributed by atoms with E-state index >= 15 is 0 Å². The number of carbonyl (C=O) groups is 1. The Morgan fingerprint density at radius 1 is 1.17 bits per heavy atom. The topological polar surface area (TPSA) is 79.4 Å². The van der Waals surface area contributed by atoms with Gasteiger partial charge in [-0.1, -0.05) is 12.1 Å². The smallest absolute Gasteiger partial charge is 0.324 e. The fourth-order valence-electron chi connectivity index (χ4n) is 2.21. The highest BCUT2D eigenvalue weighted by atomic mass is 19.1. The van der Waals surface area contributed by atoms with Gasteiger partial charge in [0.15, 0.2) is 0 Å². The first kappa shape index (κ1) is 15.2. The van der Waals surface area contributed by atoms with Crippen LogP contribution >= 0.6 is 0 Å². The van der Waals surface area contributed by atoms with Crippen LogP contribution in [-0.2, 0) is 4.74 Å². The van der Waals surface area contributed by atoms with E-state index in [0.29, 0.717) is 24.8 Å². The summed E-state index contributed by atoms with van der Waals surface area (Å²) in [5.74, 6) is 0.555. The van der Waals surface area contributed by atoms with Crippen molar-refractivity contribution in [2.24, 2.45) is 0 Å². The molecule has 1 aromatic carbocycles. The van der Waals surface area contributed by atoms with Gasteiger partial charge in [0.25, 0.3) is 0 Å². The summed E-state index contributed by atoms with van der Waals surface area (Å²) in [6.45, 7) is 2.75. The van der Waals surface area contributed by atoms with E-state index in [9.17, 15) is 9.18 Å². The summed E-state index contributed by atoms with van der Waals surface area (Å²) < 4.78 is 18.8. The van der Waals surface area contributed by atoms with E-state index in [4.69, 9.17) is 4.74 Å². The van der Waals surface area contributed by atoms with Gasteiger partial charge < -0.3 is 15.0 Å². The average molecular weight is 317 g/mol. The summed E-state index contributed by atoms with van der Waals surface area (Å²) in [5.41, 5.74) is 0.104. The van der Waals surface area contributed by atoms with Gasteiger partial charge in [-0.15, -0.1) is 0 Å². The quantitative estimate of drug-likeness (QED) is 0.906. The molecule has 120 valence electrons. The minimum Gasteiger partial charge on any atom is -0.378 e. The van der Waals surface area contributed by atoms with Gasteiger partial charge in [-0.2, -0.15) is 0 Å². The molecule has 8 heteroatoms. The lowest BCUT2D eigenvalue weighted by atomic mass is 10.3. The number of aromatic nitrogens is 2. The van der Waals surface area contributed by atoms with E-state index in [1.165, 1.54) is 18.5 Å². The Morgan fingerprint density at radius 3 is 2.74 bits per heavy atom. The molecule has 1 aliphatic heterocycles. The van der Waals surface area contributed by atoms with Crippen LogP contribution in [0.1, 0.15) is 0 Å². The zero-order valence-corrected chi connectivity index (χ0v) is 12.3. The molecule has 2 heterocycles. The molecule has 0 radical (unpaired) electrons. The molecule has 3 rings (SSSR count). The molecule has 0 spiro atoms. The van der Waals surface area contributed by atoms with Crippen LogP contribution in [0.5, 0.6) is 0 Å². The van der Waals surface area contributed by atoms with Crippen LogP contribution in [0.15, 0.2) is 36.7 Å². The van der Waals surface area contributed by atoms with Crippen molar-refractivity contribution in [1.29, 1.82) is 0 Å². The number of nitrogens with zero attached hydrogens (tertiary/aromatic N) is 3. The van der Waals surface area contributed by atoms with Crippen LogP contribution in [0.25, 0.3) is 0 Å². The third kappa shape index (κ3) is 3.92. The van der Waals surface area contributed by atoms with Crippen LogP contribution < -0.4 is 15.5 Å². The van der Waals surface area contributed by atoms with Crippen LogP contribution in [0.4, 0.5) is 26.5 Å². The molecule has 1 saturated heterocycles. The number of benzene rings is 1. The fourth-order valence-corrected chi connectivity index (χ4v) is 2.21. The molecule has 0 aliphatic carbocycles. The Balaban J connectivity index is 1.65. The van der Waals surface area contributed by atoms with Crippen LogP contribution in [0.2, 0.25) is 0 Å². The van der Waals surface area contributed by atoms with Gasteiger partial charge in [0.2, 0.25) is 0 Å². The number of hydrogen-bond acceptors (Lipinski definition) is 5. The number of nitrogens with one attached hydrogen (secondary N) is 2. The normalized spacial score (nSPS) is 14.4. The molecule has 1 aliphatic rings. The summed E-state index contributed by atoms with van der Waals surface area (Å²) in [6.07, 6.45) is 1.38. The Morgan fingerprint density at radius 2 is 1.96 bits per heavy atom. The number of anilines is 3. The molecule has 23 heavy (non-hydrogen) atoms. The van der Waals surface area contributed by atoms with E-state index in [1.54, 1.807) is 18.2 Å². The van der Waals surface area contributed by atoms with Gasteiger partial charge in [-0.05, 0) is 12.1 Å². The second-order valence-electron chi connectivity index (χ2n) is 4.92. The summed E-state index contributed by atoms with van der Waals surface area (Å²) in [7, 11) is 0. The molecule has 2 aromatic rings. The van der Waals surface area contributed by atoms with E-state index in [-0.39, 0.29) is 5.69 Å². The van der Waals surface area contributed by atoms with Crippen molar-refractivity contribution >= 4 is 23.4 Å². The Labute approximate surface area is 132 Å². The van der Waals surface area contributed by atoms with Crippen LogP contribution in [0, 0.1) is 5.82 Å². The van der Waals surface area contributed by atoms with Gasteiger partial charge in [0.05, 0.1) is 18.9 Å². The first-order valence-electron chi connectivity index (χ1n) is 7.19. The maximum atomic E-state index is 13.5. The highest BCUT2D eigenvalue weighted by Crippen LogP contribution is 2.16. The fraction of sp³-hybridized carbons (Fsp3) is 0.267. The minimum absolute atomic E-state index is 0.104. The molecular weight excluding hydrogens is 301 g/mol. The highest BCUT2D eigenvalue weighted by Gasteiger charge is 2.14. The van der Waals surface area contributed by atoms with Gasteiger partial charge in [0, 0.05) is 19.2 Å². The molecule has 7 nitrogen and oxygen atoms in total. The lowest BCUT2D eigenvalue weighted by Gasteiger charge is -2.27. The Hall–Kier alpha value is -2.74. The van der Waals surface area contributed by atoms with Crippen LogP contribution in [0.3, 0.4) is 0 Å². The molecular formula is C15H16FN5O2. The maximum Gasteiger partial charge on any atom is 0.324 e. The Kier molecular flexibility index (Phi) is 4.62. The number of carbonyl (C=O) groups excluding carboxylic acids is 1. The monoisotopic (exact) mass is 317 g/mol. The maximum absolute atomic E-state index is 13.5. The van der Waals surface area contributed by atoms with Gasteiger partial charge in [-0.3, -0.25) is 5.32 Å². The Bertz CT molecular complexity index is 691. The number of para-hydroxylation sites is 1. The third-order valence-electron chi connectivity index (χ3n) is 3.35. The molecule has 0 atom stereocenters. The zero-order chi connectivity index (χ0) is 16.1. The molecule has 1 aromatic heterocycles. The summed E-state index contributed by atoms with van der Waals surface area (Å²) in [6, 6.07) is 7.05. The number of urea groups is 1. The summed E-state index contributed by atoms with van der Waals surface area (Å²) in [5, 5.41) is 5.01. The molecule has 2 N–H and O–H groups in total.